The Morgan fingerprint density at radius 3 is 2.67 bits per heavy atom. The monoisotopic (exact) mass is 391 g/mol. The van der Waals surface area contributed by atoms with Crippen molar-refractivity contribution in [3.63, 3.8) is 0 Å². The van der Waals surface area contributed by atoms with Crippen molar-refractivity contribution in [1.82, 2.24) is 5.43 Å². The van der Waals surface area contributed by atoms with Crippen molar-refractivity contribution in [3.8, 4) is 5.75 Å². The number of hydrazone groups is 1. The summed E-state index contributed by atoms with van der Waals surface area (Å²) in [6, 6.07) is 11.2. The lowest BCUT2D eigenvalue weighted by molar-refractivity contribution is -0.384. The van der Waals surface area contributed by atoms with Crippen molar-refractivity contribution in [3.05, 3.63) is 68.2 Å². The first-order chi connectivity index (χ1) is 11.5. The third-order valence-corrected chi connectivity index (χ3v) is 3.59. The van der Waals surface area contributed by atoms with Crippen LogP contribution >= 0.6 is 15.9 Å². The molecule has 2 aromatic carbocycles. The number of halogens is 1. The van der Waals surface area contributed by atoms with Gasteiger partial charge in [-0.2, -0.15) is 5.10 Å². The van der Waals surface area contributed by atoms with E-state index >= 15 is 0 Å². The predicted molar refractivity (Wildman–Crippen MR) is 93.2 cm³/mol. The zero-order valence-corrected chi connectivity index (χ0v) is 14.3. The molecule has 0 aliphatic heterocycles. The van der Waals surface area contributed by atoms with Gasteiger partial charge in [0.15, 0.2) is 0 Å². The lowest BCUT2D eigenvalue weighted by atomic mass is 10.1. The average Bonchev–Trinajstić information content (AvgIpc) is 2.55. The molecule has 0 aliphatic rings. The van der Waals surface area contributed by atoms with E-state index in [1.165, 1.54) is 18.3 Å². The Balaban J connectivity index is 1.95. The predicted octanol–water partition coefficient (Wildman–Crippen LogP) is 3.06. The van der Waals surface area contributed by atoms with E-state index in [2.05, 4.69) is 26.5 Å². The lowest BCUT2D eigenvalue weighted by Gasteiger charge is -2.04. The van der Waals surface area contributed by atoms with Crippen molar-refractivity contribution >= 4 is 33.7 Å². The summed E-state index contributed by atoms with van der Waals surface area (Å²) in [4.78, 5) is 21.9. The standard InChI is InChI=1S/C16H14BrN3O4/c1-24-15-7-4-13(17)9-12(15)10-18-19-16(21)8-11-2-5-14(6-3-11)20(22)23/h2-7,9-10H,8H2,1H3,(H,19,21). The Kier molecular flexibility index (Phi) is 6.02. The summed E-state index contributed by atoms with van der Waals surface area (Å²) in [5.41, 5.74) is 3.77. The van der Waals surface area contributed by atoms with Gasteiger partial charge in [0.2, 0.25) is 5.91 Å². The first-order valence-corrected chi connectivity index (χ1v) is 7.67. The molecule has 24 heavy (non-hydrogen) atoms. The molecule has 0 unspecified atom stereocenters. The smallest absolute Gasteiger partial charge is 0.269 e. The molecule has 7 nitrogen and oxygen atoms in total. The third-order valence-electron chi connectivity index (χ3n) is 3.10. The van der Waals surface area contributed by atoms with Gasteiger partial charge in [-0.25, -0.2) is 5.43 Å². The van der Waals surface area contributed by atoms with Crippen molar-refractivity contribution in [2.45, 2.75) is 6.42 Å². The maximum atomic E-state index is 11.8. The molecule has 0 saturated heterocycles. The van der Waals surface area contributed by atoms with E-state index in [-0.39, 0.29) is 18.0 Å². The molecule has 0 fully saturated rings. The largest absolute Gasteiger partial charge is 0.496 e. The molecule has 0 aliphatic carbocycles. The van der Waals surface area contributed by atoms with Crippen LogP contribution in [-0.4, -0.2) is 24.2 Å². The topological polar surface area (TPSA) is 93.8 Å². The number of nitrogens with one attached hydrogen (secondary N) is 1. The molecule has 0 spiro atoms. The van der Waals surface area contributed by atoms with Crippen LogP contribution in [0.15, 0.2) is 52.0 Å². The van der Waals surface area contributed by atoms with E-state index in [0.29, 0.717) is 16.9 Å². The summed E-state index contributed by atoms with van der Waals surface area (Å²) in [7, 11) is 1.55. The Morgan fingerprint density at radius 2 is 2.04 bits per heavy atom. The van der Waals surface area contributed by atoms with Crippen LogP contribution in [0.4, 0.5) is 5.69 Å². The quantitative estimate of drug-likeness (QED) is 0.465. The Labute approximate surface area is 146 Å². The van der Waals surface area contributed by atoms with Gasteiger partial charge in [0.25, 0.3) is 5.69 Å². The number of carbonyl (C=O) groups excluding carboxylic acids is 1. The zero-order valence-electron chi connectivity index (χ0n) is 12.7. The number of hydrogen-bond donors (Lipinski definition) is 1. The normalized spacial score (nSPS) is 10.6. The molecule has 124 valence electrons. The van der Waals surface area contributed by atoms with Crippen LogP contribution in [0, 0.1) is 10.1 Å². The maximum Gasteiger partial charge on any atom is 0.269 e. The summed E-state index contributed by atoms with van der Waals surface area (Å²) >= 11 is 3.35. The van der Waals surface area contributed by atoms with E-state index in [1.54, 1.807) is 25.3 Å². The fourth-order valence-corrected chi connectivity index (χ4v) is 2.32. The molecular formula is C16H14BrN3O4. The summed E-state index contributed by atoms with van der Waals surface area (Å²) in [6.45, 7) is 0. The molecule has 0 bridgehead atoms. The van der Waals surface area contributed by atoms with Crippen molar-refractivity contribution < 1.29 is 14.5 Å². The fraction of sp³-hybridized carbons (Fsp3) is 0.125. The second-order valence-electron chi connectivity index (χ2n) is 4.78. The first kappa shape index (κ1) is 17.6. The van der Waals surface area contributed by atoms with Crippen LogP contribution in [0.1, 0.15) is 11.1 Å². The van der Waals surface area contributed by atoms with Gasteiger partial charge in [-0.15, -0.1) is 0 Å². The van der Waals surface area contributed by atoms with Crippen LogP contribution in [0.5, 0.6) is 5.75 Å². The number of amides is 1. The number of rotatable bonds is 6. The van der Waals surface area contributed by atoms with Gasteiger partial charge in [-0.05, 0) is 23.8 Å². The molecule has 8 heteroatoms. The number of nitrogens with zero attached hydrogens (tertiary/aromatic N) is 2. The summed E-state index contributed by atoms with van der Waals surface area (Å²) in [5, 5.41) is 14.5. The van der Waals surface area contributed by atoms with Crippen LogP contribution in [0.25, 0.3) is 0 Å². The van der Waals surface area contributed by atoms with Crippen molar-refractivity contribution in [2.24, 2.45) is 5.10 Å². The van der Waals surface area contributed by atoms with Gasteiger partial charge < -0.3 is 4.74 Å². The highest BCUT2D eigenvalue weighted by molar-refractivity contribution is 9.10. The van der Waals surface area contributed by atoms with E-state index in [9.17, 15) is 14.9 Å². The molecule has 1 amide bonds. The summed E-state index contributed by atoms with van der Waals surface area (Å²) in [6.07, 6.45) is 1.56. The molecule has 0 saturated carbocycles. The minimum atomic E-state index is -0.487. The molecule has 1 N–H and O–H groups in total. The van der Waals surface area contributed by atoms with Gasteiger partial charge in [0.05, 0.1) is 24.7 Å². The second-order valence-corrected chi connectivity index (χ2v) is 5.70. The highest BCUT2D eigenvalue weighted by atomic mass is 79.9. The van der Waals surface area contributed by atoms with E-state index in [1.807, 2.05) is 12.1 Å². The SMILES string of the molecule is COc1ccc(Br)cc1C=NNC(=O)Cc1ccc([N+](=O)[O-])cc1. The number of non-ortho nitro benzene ring substituents is 1. The van der Waals surface area contributed by atoms with Crippen LogP contribution in [-0.2, 0) is 11.2 Å². The Bertz CT molecular complexity index is 775. The second kappa shape index (κ2) is 8.21. The van der Waals surface area contributed by atoms with E-state index in [0.717, 1.165) is 4.47 Å². The number of methoxy groups -OCH3 is 1. The number of hydrogen-bond acceptors (Lipinski definition) is 5. The van der Waals surface area contributed by atoms with Gasteiger partial charge in [0.1, 0.15) is 5.75 Å². The zero-order chi connectivity index (χ0) is 17.5. The number of nitro groups is 1. The van der Waals surface area contributed by atoms with Crippen molar-refractivity contribution in [1.29, 1.82) is 0 Å². The Hall–Kier alpha value is -2.74. The van der Waals surface area contributed by atoms with Crippen molar-refractivity contribution in [2.75, 3.05) is 7.11 Å². The fourth-order valence-electron chi connectivity index (χ4n) is 1.94. The molecule has 0 heterocycles. The lowest BCUT2D eigenvalue weighted by Crippen LogP contribution is -2.19. The van der Waals surface area contributed by atoms with E-state index in [4.69, 9.17) is 4.74 Å². The Morgan fingerprint density at radius 1 is 1.33 bits per heavy atom. The molecule has 2 rings (SSSR count). The van der Waals surface area contributed by atoms with Gasteiger partial charge >= 0.3 is 0 Å². The number of ether oxygens (including phenoxy) is 1. The van der Waals surface area contributed by atoms with Crippen LogP contribution in [0.3, 0.4) is 0 Å². The van der Waals surface area contributed by atoms with Crippen LogP contribution < -0.4 is 10.2 Å². The third kappa shape index (κ3) is 4.88. The van der Waals surface area contributed by atoms with Crippen LogP contribution in [0.2, 0.25) is 0 Å². The van der Waals surface area contributed by atoms with E-state index < -0.39 is 4.92 Å². The highest BCUT2D eigenvalue weighted by Crippen LogP contribution is 2.21. The summed E-state index contributed by atoms with van der Waals surface area (Å²) in [5.74, 6) is 0.306. The molecular weight excluding hydrogens is 378 g/mol. The summed E-state index contributed by atoms with van der Waals surface area (Å²) < 4.78 is 6.07. The van der Waals surface area contributed by atoms with Gasteiger partial charge in [-0.1, -0.05) is 28.1 Å². The molecule has 0 aromatic heterocycles. The minimum Gasteiger partial charge on any atom is -0.496 e. The average molecular weight is 392 g/mol. The number of carbonyl (C=O) groups is 1. The molecule has 0 atom stereocenters. The maximum absolute atomic E-state index is 11.8. The van der Waals surface area contributed by atoms with Gasteiger partial charge in [0, 0.05) is 22.2 Å². The number of nitro benzene ring substituents is 1. The molecule has 0 radical (unpaired) electrons. The highest BCUT2D eigenvalue weighted by Gasteiger charge is 2.07. The first-order valence-electron chi connectivity index (χ1n) is 6.88. The molecule has 2 aromatic rings. The number of benzene rings is 2. The minimum absolute atomic E-state index is 0.0149. The van der Waals surface area contributed by atoms with Gasteiger partial charge in [-0.3, -0.25) is 14.9 Å².